The molecule has 0 spiro atoms. The number of carbonyl (C=O) groups excluding carboxylic acids is 2. The summed E-state index contributed by atoms with van der Waals surface area (Å²) in [4.78, 5) is 32.1. The standard InChI is InChI=1S/C20H24N4O3/c1-12(2)19(24-13(3)25)20(26)23-10-16-9-15-8-14(4-5-18(15)27-16)17-11-21-6-7-22-17/h4-8,11-12,16,19H,9-10H2,1-3H3,(H,23,26)(H,24,25)/t16-,19-/m0/s1. The van der Waals surface area contributed by atoms with Crippen LogP contribution in [0.1, 0.15) is 26.3 Å². The number of hydrogen-bond donors (Lipinski definition) is 2. The number of carbonyl (C=O) groups is 2. The van der Waals surface area contributed by atoms with Gasteiger partial charge in [-0.25, -0.2) is 0 Å². The number of fused-ring (bicyclic) bond motifs is 1. The van der Waals surface area contributed by atoms with Gasteiger partial charge in [0.1, 0.15) is 17.9 Å². The van der Waals surface area contributed by atoms with Crippen LogP contribution in [-0.2, 0) is 16.0 Å². The summed E-state index contributed by atoms with van der Waals surface area (Å²) in [6.45, 7) is 5.59. The molecular weight excluding hydrogens is 344 g/mol. The van der Waals surface area contributed by atoms with Crippen LogP contribution >= 0.6 is 0 Å². The lowest BCUT2D eigenvalue weighted by atomic mass is 10.0. The second-order valence-electron chi connectivity index (χ2n) is 7.02. The molecule has 27 heavy (non-hydrogen) atoms. The van der Waals surface area contributed by atoms with Crippen LogP contribution in [0.15, 0.2) is 36.8 Å². The Bertz CT molecular complexity index is 823. The van der Waals surface area contributed by atoms with E-state index in [9.17, 15) is 9.59 Å². The molecule has 2 N–H and O–H groups in total. The van der Waals surface area contributed by atoms with Gasteiger partial charge in [-0.2, -0.15) is 0 Å². The molecule has 2 atom stereocenters. The van der Waals surface area contributed by atoms with Crippen molar-refractivity contribution in [1.29, 1.82) is 0 Å². The number of benzene rings is 1. The number of nitrogens with one attached hydrogen (secondary N) is 2. The van der Waals surface area contributed by atoms with Gasteiger partial charge < -0.3 is 15.4 Å². The fourth-order valence-electron chi connectivity index (χ4n) is 3.12. The molecule has 0 saturated carbocycles. The Labute approximate surface area is 158 Å². The Kier molecular flexibility index (Phi) is 5.69. The lowest BCUT2D eigenvalue weighted by Crippen LogP contribution is -2.50. The van der Waals surface area contributed by atoms with Gasteiger partial charge in [-0.05, 0) is 29.7 Å². The molecule has 0 bridgehead atoms. The SMILES string of the molecule is CC(=O)N[C@H](C(=O)NC[C@@H]1Cc2cc(-c3cnccn3)ccc2O1)C(C)C. The Hall–Kier alpha value is -2.96. The molecular formula is C20H24N4O3. The molecule has 0 saturated heterocycles. The maximum Gasteiger partial charge on any atom is 0.242 e. The van der Waals surface area contributed by atoms with Crippen LogP contribution < -0.4 is 15.4 Å². The van der Waals surface area contributed by atoms with E-state index in [0.29, 0.717) is 13.0 Å². The van der Waals surface area contributed by atoms with E-state index in [-0.39, 0.29) is 23.8 Å². The molecule has 142 valence electrons. The molecule has 7 heteroatoms. The summed E-state index contributed by atoms with van der Waals surface area (Å²) in [5.74, 6) is 0.416. The van der Waals surface area contributed by atoms with Crippen molar-refractivity contribution >= 4 is 11.8 Å². The maximum atomic E-state index is 12.4. The molecule has 1 aliphatic heterocycles. The summed E-state index contributed by atoms with van der Waals surface area (Å²) in [5, 5.41) is 5.58. The number of hydrogen-bond acceptors (Lipinski definition) is 5. The van der Waals surface area contributed by atoms with Crippen LogP contribution in [-0.4, -0.2) is 40.5 Å². The smallest absolute Gasteiger partial charge is 0.242 e. The highest BCUT2D eigenvalue weighted by Crippen LogP contribution is 2.32. The molecule has 0 unspecified atom stereocenters. The van der Waals surface area contributed by atoms with Gasteiger partial charge in [-0.15, -0.1) is 0 Å². The molecule has 1 aromatic carbocycles. The van der Waals surface area contributed by atoms with Gasteiger partial charge in [-0.3, -0.25) is 19.6 Å². The average molecular weight is 368 g/mol. The van der Waals surface area contributed by atoms with E-state index in [1.165, 1.54) is 6.92 Å². The van der Waals surface area contributed by atoms with Crippen molar-refractivity contribution in [2.75, 3.05) is 6.54 Å². The number of rotatable bonds is 6. The second-order valence-corrected chi connectivity index (χ2v) is 7.02. The van der Waals surface area contributed by atoms with E-state index in [4.69, 9.17) is 4.74 Å². The summed E-state index contributed by atoms with van der Waals surface area (Å²) >= 11 is 0. The van der Waals surface area contributed by atoms with Crippen molar-refractivity contribution < 1.29 is 14.3 Å². The second kappa shape index (κ2) is 8.16. The molecule has 2 aromatic rings. The number of amides is 2. The van der Waals surface area contributed by atoms with Gasteiger partial charge in [0.05, 0.1) is 18.4 Å². The van der Waals surface area contributed by atoms with Crippen molar-refractivity contribution in [3.63, 3.8) is 0 Å². The zero-order valence-corrected chi connectivity index (χ0v) is 15.7. The molecule has 2 heterocycles. The number of ether oxygens (including phenoxy) is 1. The van der Waals surface area contributed by atoms with Crippen LogP contribution in [0.25, 0.3) is 11.3 Å². The summed E-state index contributed by atoms with van der Waals surface area (Å²) in [6.07, 6.45) is 5.60. The van der Waals surface area contributed by atoms with Crippen LogP contribution in [0.2, 0.25) is 0 Å². The van der Waals surface area contributed by atoms with E-state index >= 15 is 0 Å². The van der Waals surface area contributed by atoms with Gasteiger partial charge in [0, 0.05) is 31.3 Å². The first kappa shape index (κ1) is 18.8. The Morgan fingerprint density at radius 3 is 2.78 bits per heavy atom. The van der Waals surface area contributed by atoms with Crippen LogP contribution in [0.3, 0.4) is 0 Å². The fraction of sp³-hybridized carbons (Fsp3) is 0.400. The molecule has 2 amide bonds. The third-order valence-corrected chi connectivity index (χ3v) is 4.47. The van der Waals surface area contributed by atoms with Crippen LogP contribution in [0, 0.1) is 5.92 Å². The first-order chi connectivity index (χ1) is 12.9. The largest absolute Gasteiger partial charge is 0.488 e. The summed E-state index contributed by atoms with van der Waals surface area (Å²) in [7, 11) is 0. The van der Waals surface area contributed by atoms with Gasteiger partial charge >= 0.3 is 0 Å². The van der Waals surface area contributed by atoms with E-state index in [1.807, 2.05) is 26.0 Å². The highest BCUT2D eigenvalue weighted by atomic mass is 16.5. The van der Waals surface area contributed by atoms with E-state index in [0.717, 1.165) is 22.6 Å². The van der Waals surface area contributed by atoms with Gasteiger partial charge in [-0.1, -0.05) is 13.8 Å². The fourth-order valence-corrected chi connectivity index (χ4v) is 3.12. The Morgan fingerprint density at radius 1 is 1.30 bits per heavy atom. The van der Waals surface area contributed by atoms with E-state index < -0.39 is 6.04 Å². The van der Waals surface area contributed by atoms with Crippen molar-refractivity contribution in [1.82, 2.24) is 20.6 Å². The third-order valence-electron chi connectivity index (χ3n) is 4.47. The first-order valence-electron chi connectivity index (χ1n) is 9.05. The minimum Gasteiger partial charge on any atom is -0.488 e. The van der Waals surface area contributed by atoms with Gasteiger partial charge in [0.15, 0.2) is 0 Å². The van der Waals surface area contributed by atoms with Crippen molar-refractivity contribution in [2.45, 2.75) is 39.3 Å². The normalized spacial score (nSPS) is 16.4. The Morgan fingerprint density at radius 2 is 2.11 bits per heavy atom. The minimum atomic E-state index is -0.547. The predicted molar refractivity (Wildman–Crippen MR) is 101 cm³/mol. The molecule has 0 aliphatic carbocycles. The topological polar surface area (TPSA) is 93.2 Å². The third kappa shape index (κ3) is 4.61. The Balaban J connectivity index is 1.60. The summed E-state index contributed by atoms with van der Waals surface area (Å²) in [6, 6.07) is 5.38. The maximum absolute atomic E-state index is 12.4. The molecule has 3 rings (SSSR count). The predicted octanol–water partition coefficient (Wildman–Crippen LogP) is 1.72. The van der Waals surface area contributed by atoms with Crippen molar-refractivity contribution in [3.05, 3.63) is 42.4 Å². The minimum absolute atomic E-state index is 0.00475. The quantitative estimate of drug-likeness (QED) is 0.810. The van der Waals surface area contributed by atoms with E-state index in [1.54, 1.807) is 18.6 Å². The monoisotopic (exact) mass is 368 g/mol. The summed E-state index contributed by atoms with van der Waals surface area (Å²) < 4.78 is 5.93. The lowest BCUT2D eigenvalue weighted by Gasteiger charge is -2.22. The zero-order valence-electron chi connectivity index (χ0n) is 15.7. The number of nitrogens with zero attached hydrogens (tertiary/aromatic N) is 2. The van der Waals surface area contributed by atoms with E-state index in [2.05, 4.69) is 26.7 Å². The lowest BCUT2D eigenvalue weighted by molar-refractivity contribution is -0.129. The summed E-state index contributed by atoms with van der Waals surface area (Å²) in [5.41, 5.74) is 2.88. The van der Waals surface area contributed by atoms with Gasteiger partial charge in [0.25, 0.3) is 0 Å². The van der Waals surface area contributed by atoms with Crippen molar-refractivity contribution in [2.24, 2.45) is 5.92 Å². The molecule has 1 aromatic heterocycles. The van der Waals surface area contributed by atoms with Gasteiger partial charge in [0.2, 0.25) is 11.8 Å². The molecule has 0 fully saturated rings. The van der Waals surface area contributed by atoms with Crippen LogP contribution in [0.5, 0.6) is 5.75 Å². The van der Waals surface area contributed by atoms with Crippen molar-refractivity contribution in [3.8, 4) is 17.0 Å². The highest BCUT2D eigenvalue weighted by Gasteiger charge is 2.27. The number of aromatic nitrogens is 2. The molecule has 0 radical (unpaired) electrons. The molecule has 7 nitrogen and oxygen atoms in total. The first-order valence-corrected chi connectivity index (χ1v) is 9.05. The highest BCUT2D eigenvalue weighted by molar-refractivity contribution is 5.87. The van der Waals surface area contributed by atoms with Crippen LogP contribution in [0.4, 0.5) is 0 Å². The average Bonchev–Trinajstić information content (AvgIpc) is 3.06. The zero-order chi connectivity index (χ0) is 19.4. The molecule has 1 aliphatic rings.